The zero-order chi connectivity index (χ0) is 16.7. The van der Waals surface area contributed by atoms with Crippen molar-refractivity contribution in [2.45, 2.75) is 26.9 Å². The molecule has 0 saturated carbocycles. The van der Waals surface area contributed by atoms with Crippen molar-refractivity contribution in [3.63, 3.8) is 0 Å². The molecule has 5 nitrogen and oxygen atoms in total. The number of nitrogens with two attached hydrogens (primary N) is 1. The monoisotopic (exact) mass is 440 g/mol. The van der Waals surface area contributed by atoms with Crippen LogP contribution in [0.3, 0.4) is 0 Å². The number of hydrogen-bond acceptors (Lipinski definition) is 2. The van der Waals surface area contributed by atoms with Gasteiger partial charge in [0.05, 0.1) is 13.1 Å². The fourth-order valence-electron chi connectivity index (χ4n) is 2.08. The molecule has 1 heterocycles. The van der Waals surface area contributed by atoms with Crippen molar-refractivity contribution >= 4 is 29.9 Å². The highest BCUT2D eigenvalue weighted by Crippen LogP contribution is 2.07. The highest BCUT2D eigenvalue weighted by atomic mass is 127. The van der Waals surface area contributed by atoms with Gasteiger partial charge in [0.25, 0.3) is 5.56 Å². The number of aromatic nitrogens is 1. The lowest BCUT2D eigenvalue weighted by Gasteiger charge is -2.08. The summed E-state index contributed by atoms with van der Waals surface area (Å²) in [5.74, 6) is 1.00. The predicted molar refractivity (Wildman–Crippen MR) is 110 cm³/mol. The molecule has 0 fully saturated rings. The van der Waals surface area contributed by atoms with E-state index in [9.17, 15) is 4.79 Å². The van der Waals surface area contributed by atoms with Crippen LogP contribution in [0.4, 0.5) is 0 Å². The Kier molecular flexibility index (Phi) is 8.53. The lowest BCUT2D eigenvalue weighted by molar-refractivity contribution is 0.622. The molecule has 1 aromatic carbocycles. The van der Waals surface area contributed by atoms with Crippen LogP contribution in [-0.2, 0) is 13.1 Å². The maximum Gasteiger partial charge on any atom is 0.250 e. The smallest absolute Gasteiger partial charge is 0.250 e. The Hall–Kier alpha value is -1.83. The Labute approximate surface area is 160 Å². The van der Waals surface area contributed by atoms with E-state index in [-0.39, 0.29) is 29.5 Å². The third-order valence-corrected chi connectivity index (χ3v) is 3.40. The molecule has 2 aromatic rings. The average molecular weight is 440 g/mol. The molecule has 0 unspecified atom stereocenters. The SMILES string of the molecule is CC(C)CNC(N)=NCc1ccc(Cn2ccccc2=O)cc1.I. The molecular weight excluding hydrogens is 415 g/mol. The zero-order valence-electron chi connectivity index (χ0n) is 14.1. The molecule has 3 N–H and O–H groups in total. The number of pyridine rings is 1. The van der Waals surface area contributed by atoms with Crippen LogP contribution < -0.4 is 16.6 Å². The molecular formula is C18H25IN4O. The highest BCUT2D eigenvalue weighted by Gasteiger charge is 1.99. The third-order valence-electron chi connectivity index (χ3n) is 3.40. The quantitative estimate of drug-likeness (QED) is 0.412. The standard InChI is InChI=1S/C18H24N4O.HI/c1-14(2)11-20-18(19)21-12-15-6-8-16(9-7-15)13-22-10-4-3-5-17(22)23;/h3-10,14H,11-13H2,1-2H3,(H3,19,20,21);1H. The molecule has 0 saturated heterocycles. The van der Waals surface area contributed by atoms with Crippen molar-refractivity contribution in [2.24, 2.45) is 16.6 Å². The number of aliphatic imine (C=N–C) groups is 1. The van der Waals surface area contributed by atoms with E-state index in [1.54, 1.807) is 22.9 Å². The van der Waals surface area contributed by atoms with Gasteiger partial charge in [-0.05, 0) is 23.1 Å². The van der Waals surface area contributed by atoms with Gasteiger partial charge in [-0.15, -0.1) is 24.0 Å². The topological polar surface area (TPSA) is 72.4 Å². The van der Waals surface area contributed by atoms with E-state index in [4.69, 9.17) is 5.73 Å². The summed E-state index contributed by atoms with van der Waals surface area (Å²) < 4.78 is 1.68. The van der Waals surface area contributed by atoms with Crippen LogP contribution in [0.1, 0.15) is 25.0 Å². The maximum atomic E-state index is 11.7. The molecule has 0 bridgehead atoms. The molecule has 0 aliphatic rings. The van der Waals surface area contributed by atoms with Crippen molar-refractivity contribution in [2.75, 3.05) is 6.54 Å². The minimum absolute atomic E-state index is 0. The van der Waals surface area contributed by atoms with Crippen molar-refractivity contribution in [1.82, 2.24) is 9.88 Å². The first-order chi connectivity index (χ1) is 11.0. The molecule has 0 amide bonds. The normalized spacial score (nSPS) is 11.2. The number of rotatable bonds is 6. The molecule has 2 rings (SSSR count). The fraction of sp³-hybridized carbons (Fsp3) is 0.333. The Bertz CT molecular complexity index is 707. The first-order valence-corrected chi connectivity index (χ1v) is 7.81. The van der Waals surface area contributed by atoms with E-state index in [0.29, 0.717) is 25.0 Å². The van der Waals surface area contributed by atoms with E-state index in [2.05, 4.69) is 24.2 Å². The molecule has 24 heavy (non-hydrogen) atoms. The van der Waals surface area contributed by atoms with Gasteiger partial charge in [0.1, 0.15) is 0 Å². The van der Waals surface area contributed by atoms with E-state index in [1.807, 2.05) is 30.3 Å². The number of halogens is 1. The van der Waals surface area contributed by atoms with Gasteiger partial charge in [-0.3, -0.25) is 4.79 Å². The lowest BCUT2D eigenvalue weighted by Crippen LogP contribution is -2.34. The summed E-state index contributed by atoms with van der Waals surface area (Å²) in [4.78, 5) is 16.0. The first-order valence-electron chi connectivity index (χ1n) is 7.81. The number of guanidine groups is 1. The Morgan fingerprint density at radius 1 is 1.17 bits per heavy atom. The predicted octanol–water partition coefficient (Wildman–Crippen LogP) is 2.57. The van der Waals surface area contributed by atoms with Crippen LogP contribution in [0.25, 0.3) is 0 Å². The summed E-state index contributed by atoms with van der Waals surface area (Å²) in [7, 11) is 0. The van der Waals surface area contributed by atoms with E-state index in [1.165, 1.54) is 0 Å². The molecule has 0 radical (unpaired) electrons. The summed E-state index contributed by atoms with van der Waals surface area (Å²) in [6, 6.07) is 13.2. The van der Waals surface area contributed by atoms with Gasteiger partial charge < -0.3 is 15.6 Å². The van der Waals surface area contributed by atoms with E-state index < -0.39 is 0 Å². The van der Waals surface area contributed by atoms with Crippen LogP contribution in [0.5, 0.6) is 0 Å². The van der Waals surface area contributed by atoms with Gasteiger partial charge in [-0.1, -0.05) is 44.2 Å². The lowest BCUT2D eigenvalue weighted by atomic mass is 10.1. The van der Waals surface area contributed by atoms with Gasteiger partial charge in [0.2, 0.25) is 0 Å². The van der Waals surface area contributed by atoms with Crippen molar-refractivity contribution in [3.8, 4) is 0 Å². The molecule has 0 atom stereocenters. The first kappa shape index (κ1) is 20.2. The van der Waals surface area contributed by atoms with Crippen LogP contribution >= 0.6 is 24.0 Å². The summed E-state index contributed by atoms with van der Waals surface area (Å²) >= 11 is 0. The van der Waals surface area contributed by atoms with Gasteiger partial charge in [-0.2, -0.15) is 0 Å². The van der Waals surface area contributed by atoms with E-state index >= 15 is 0 Å². The second-order valence-corrected chi connectivity index (χ2v) is 5.96. The molecule has 6 heteroatoms. The Balaban J connectivity index is 0.00000288. The van der Waals surface area contributed by atoms with Gasteiger partial charge in [0.15, 0.2) is 5.96 Å². The number of hydrogen-bond donors (Lipinski definition) is 2. The largest absolute Gasteiger partial charge is 0.370 e. The third kappa shape index (κ3) is 6.74. The molecule has 0 spiro atoms. The van der Waals surface area contributed by atoms with Crippen LogP contribution in [0.15, 0.2) is 58.4 Å². The summed E-state index contributed by atoms with van der Waals surface area (Å²) in [6.07, 6.45) is 1.79. The van der Waals surface area contributed by atoms with Crippen LogP contribution in [0.2, 0.25) is 0 Å². The minimum Gasteiger partial charge on any atom is -0.370 e. The second-order valence-electron chi connectivity index (χ2n) is 5.96. The van der Waals surface area contributed by atoms with Crippen LogP contribution in [0, 0.1) is 5.92 Å². The van der Waals surface area contributed by atoms with Gasteiger partial charge >= 0.3 is 0 Å². The molecule has 0 aliphatic carbocycles. The number of nitrogens with one attached hydrogen (secondary N) is 1. The summed E-state index contributed by atoms with van der Waals surface area (Å²) in [6.45, 7) is 6.18. The van der Waals surface area contributed by atoms with Gasteiger partial charge in [0, 0.05) is 18.8 Å². The maximum absolute atomic E-state index is 11.7. The molecule has 1 aromatic heterocycles. The van der Waals surface area contributed by atoms with E-state index in [0.717, 1.165) is 17.7 Å². The number of benzene rings is 1. The second kappa shape index (κ2) is 10.1. The summed E-state index contributed by atoms with van der Waals surface area (Å²) in [5, 5.41) is 3.09. The summed E-state index contributed by atoms with van der Waals surface area (Å²) in [5.41, 5.74) is 7.99. The highest BCUT2D eigenvalue weighted by molar-refractivity contribution is 14.0. The zero-order valence-corrected chi connectivity index (χ0v) is 16.4. The molecule has 0 aliphatic heterocycles. The molecule has 130 valence electrons. The number of nitrogens with zero attached hydrogens (tertiary/aromatic N) is 2. The van der Waals surface area contributed by atoms with Crippen LogP contribution in [-0.4, -0.2) is 17.1 Å². The van der Waals surface area contributed by atoms with Crippen molar-refractivity contribution in [3.05, 3.63) is 70.1 Å². The average Bonchev–Trinajstić information content (AvgIpc) is 2.54. The van der Waals surface area contributed by atoms with Crippen molar-refractivity contribution in [1.29, 1.82) is 0 Å². The minimum atomic E-state index is 0. The van der Waals surface area contributed by atoms with Crippen molar-refractivity contribution < 1.29 is 0 Å². The Morgan fingerprint density at radius 3 is 2.46 bits per heavy atom. The Morgan fingerprint density at radius 2 is 1.83 bits per heavy atom. The fourth-order valence-corrected chi connectivity index (χ4v) is 2.08. The van der Waals surface area contributed by atoms with Gasteiger partial charge in [-0.25, -0.2) is 4.99 Å².